The first-order chi connectivity index (χ1) is 8.68. The first-order valence-electron chi connectivity index (χ1n) is 6.60. The second-order valence-electron chi connectivity index (χ2n) is 4.95. The van der Waals surface area contributed by atoms with Gasteiger partial charge < -0.3 is 9.32 Å². The van der Waals surface area contributed by atoms with E-state index in [0.29, 0.717) is 12.8 Å². The number of hydrogen-bond donors (Lipinski definition) is 0. The maximum absolute atomic E-state index is 12.1. The summed E-state index contributed by atoms with van der Waals surface area (Å²) in [7, 11) is 1.87. The van der Waals surface area contributed by atoms with E-state index >= 15 is 0 Å². The molecule has 0 saturated heterocycles. The molecule has 1 aromatic rings. The molecule has 0 radical (unpaired) electrons. The van der Waals surface area contributed by atoms with Gasteiger partial charge in [-0.15, -0.1) is 11.6 Å². The number of amides is 1. The number of aryl methyl sites for hydroxylation is 1. The molecule has 1 aromatic heterocycles. The van der Waals surface area contributed by atoms with Gasteiger partial charge in [-0.05, 0) is 25.0 Å². The zero-order valence-electron chi connectivity index (χ0n) is 10.8. The van der Waals surface area contributed by atoms with E-state index in [1.165, 1.54) is 12.8 Å². The van der Waals surface area contributed by atoms with Gasteiger partial charge in [0.15, 0.2) is 0 Å². The van der Waals surface area contributed by atoms with Crippen molar-refractivity contribution in [3.63, 3.8) is 0 Å². The third kappa shape index (κ3) is 3.29. The Hall–Kier alpha value is -0.960. The molecule has 0 N–H and O–H groups in total. The smallest absolute Gasteiger partial charge is 0.223 e. The van der Waals surface area contributed by atoms with Gasteiger partial charge in [0, 0.05) is 25.9 Å². The van der Waals surface area contributed by atoms with Crippen molar-refractivity contribution < 1.29 is 9.21 Å². The van der Waals surface area contributed by atoms with Gasteiger partial charge >= 0.3 is 0 Å². The maximum Gasteiger partial charge on any atom is 0.223 e. The van der Waals surface area contributed by atoms with Crippen molar-refractivity contribution >= 4 is 17.5 Å². The Balaban J connectivity index is 1.84. The highest BCUT2D eigenvalue weighted by molar-refractivity contribution is 6.21. The standard InChI is InChI=1S/C14H20ClNO2/c1-16(13-7-3-2-6-12(13)15)14(17)9-8-11-5-4-10-18-11/h4-5,10,12-13H,2-3,6-9H2,1H3. The molecule has 1 heterocycles. The lowest BCUT2D eigenvalue weighted by atomic mass is 9.93. The molecule has 0 spiro atoms. The average molecular weight is 270 g/mol. The number of alkyl halides is 1. The second-order valence-corrected chi connectivity index (χ2v) is 5.51. The van der Waals surface area contributed by atoms with Crippen LogP contribution in [0.3, 0.4) is 0 Å². The van der Waals surface area contributed by atoms with E-state index in [-0.39, 0.29) is 17.3 Å². The van der Waals surface area contributed by atoms with Crippen molar-refractivity contribution in [1.82, 2.24) is 4.90 Å². The van der Waals surface area contributed by atoms with Gasteiger partial charge in [-0.25, -0.2) is 0 Å². The lowest BCUT2D eigenvalue weighted by Crippen LogP contribution is -2.44. The Morgan fingerprint density at radius 2 is 2.28 bits per heavy atom. The van der Waals surface area contributed by atoms with Crippen LogP contribution in [-0.4, -0.2) is 29.3 Å². The monoisotopic (exact) mass is 269 g/mol. The van der Waals surface area contributed by atoms with E-state index < -0.39 is 0 Å². The molecular weight excluding hydrogens is 250 g/mol. The SMILES string of the molecule is CN(C(=O)CCc1ccco1)C1CCCCC1Cl. The van der Waals surface area contributed by atoms with Crippen molar-refractivity contribution in [2.45, 2.75) is 49.9 Å². The molecule has 1 aliphatic rings. The third-order valence-electron chi connectivity index (χ3n) is 3.70. The van der Waals surface area contributed by atoms with E-state index in [1.807, 2.05) is 24.1 Å². The number of furan rings is 1. The summed E-state index contributed by atoms with van der Waals surface area (Å²) in [4.78, 5) is 13.9. The number of halogens is 1. The molecule has 1 amide bonds. The fourth-order valence-corrected chi connectivity index (χ4v) is 3.00. The summed E-state index contributed by atoms with van der Waals surface area (Å²) in [5.41, 5.74) is 0. The molecule has 1 fully saturated rings. The van der Waals surface area contributed by atoms with E-state index in [2.05, 4.69) is 0 Å². The summed E-state index contributed by atoms with van der Waals surface area (Å²) in [6.45, 7) is 0. The number of hydrogen-bond acceptors (Lipinski definition) is 2. The van der Waals surface area contributed by atoms with Crippen LogP contribution in [0, 0.1) is 0 Å². The van der Waals surface area contributed by atoms with Crippen LogP contribution in [0.25, 0.3) is 0 Å². The van der Waals surface area contributed by atoms with Crippen molar-refractivity contribution in [3.05, 3.63) is 24.2 Å². The Morgan fingerprint density at radius 3 is 2.94 bits per heavy atom. The van der Waals surface area contributed by atoms with Gasteiger partial charge in [0.2, 0.25) is 5.91 Å². The van der Waals surface area contributed by atoms with Crippen LogP contribution in [0.15, 0.2) is 22.8 Å². The summed E-state index contributed by atoms with van der Waals surface area (Å²) in [6.07, 6.45) is 7.18. The molecule has 2 unspecified atom stereocenters. The first kappa shape index (κ1) is 13.5. The van der Waals surface area contributed by atoms with Crippen molar-refractivity contribution in [1.29, 1.82) is 0 Å². The minimum absolute atomic E-state index is 0.108. The average Bonchev–Trinajstić information content (AvgIpc) is 2.89. The zero-order valence-corrected chi connectivity index (χ0v) is 11.5. The lowest BCUT2D eigenvalue weighted by Gasteiger charge is -2.35. The van der Waals surface area contributed by atoms with Crippen LogP contribution in [0.2, 0.25) is 0 Å². The molecule has 0 bridgehead atoms. The Morgan fingerprint density at radius 1 is 1.50 bits per heavy atom. The van der Waals surface area contributed by atoms with Crippen molar-refractivity contribution in [2.24, 2.45) is 0 Å². The first-order valence-corrected chi connectivity index (χ1v) is 7.04. The van der Waals surface area contributed by atoms with Crippen LogP contribution in [0.1, 0.15) is 37.9 Å². The highest BCUT2D eigenvalue weighted by Crippen LogP contribution is 2.27. The Bertz CT molecular complexity index is 377. The van der Waals surface area contributed by atoms with Gasteiger partial charge in [-0.1, -0.05) is 12.8 Å². The van der Waals surface area contributed by atoms with Crippen molar-refractivity contribution in [3.8, 4) is 0 Å². The van der Waals surface area contributed by atoms with Gasteiger partial charge in [-0.3, -0.25) is 4.79 Å². The summed E-state index contributed by atoms with van der Waals surface area (Å²) in [6, 6.07) is 3.95. The molecule has 18 heavy (non-hydrogen) atoms. The fraction of sp³-hybridized carbons (Fsp3) is 0.643. The van der Waals surface area contributed by atoms with Crippen molar-refractivity contribution in [2.75, 3.05) is 7.05 Å². The zero-order chi connectivity index (χ0) is 13.0. The quantitative estimate of drug-likeness (QED) is 0.787. The summed E-state index contributed by atoms with van der Waals surface area (Å²) in [5, 5.41) is 0.108. The predicted molar refractivity (Wildman–Crippen MR) is 71.7 cm³/mol. The van der Waals surface area contributed by atoms with E-state index in [4.69, 9.17) is 16.0 Å². The maximum atomic E-state index is 12.1. The number of nitrogens with zero attached hydrogens (tertiary/aromatic N) is 1. The van der Waals surface area contributed by atoms with Crippen LogP contribution in [0.4, 0.5) is 0 Å². The molecule has 0 aliphatic heterocycles. The molecule has 100 valence electrons. The molecular formula is C14H20ClNO2. The number of carbonyl (C=O) groups is 1. The second kappa shape index (κ2) is 6.28. The van der Waals surface area contributed by atoms with Crippen LogP contribution >= 0.6 is 11.6 Å². The summed E-state index contributed by atoms with van der Waals surface area (Å²) >= 11 is 6.31. The van der Waals surface area contributed by atoms with E-state index in [0.717, 1.165) is 18.6 Å². The Kier molecular flexibility index (Phi) is 4.70. The topological polar surface area (TPSA) is 33.5 Å². The molecule has 0 aromatic carbocycles. The minimum atomic E-state index is 0.108. The van der Waals surface area contributed by atoms with E-state index in [1.54, 1.807) is 6.26 Å². The highest BCUT2D eigenvalue weighted by Gasteiger charge is 2.29. The molecule has 1 saturated carbocycles. The van der Waals surface area contributed by atoms with Gasteiger partial charge in [0.1, 0.15) is 5.76 Å². The molecule has 3 nitrogen and oxygen atoms in total. The molecule has 4 heteroatoms. The van der Waals surface area contributed by atoms with Gasteiger partial charge in [0.05, 0.1) is 11.6 Å². The van der Waals surface area contributed by atoms with Crippen LogP contribution in [0.5, 0.6) is 0 Å². The highest BCUT2D eigenvalue weighted by atomic mass is 35.5. The minimum Gasteiger partial charge on any atom is -0.469 e. The predicted octanol–water partition coefficient (Wildman–Crippen LogP) is 3.22. The summed E-state index contributed by atoms with van der Waals surface area (Å²) in [5.74, 6) is 1.02. The largest absolute Gasteiger partial charge is 0.469 e. The van der Waals surface area contributed by atoms with Crippen LogP contribution in [-0.2, 0) is 11.2 Å². The lowest BCUT2D eigenvalue weighted by molar-refractivity contribution is -0.132. The molecule has 2 atom stereocenters. The van der Waals surface area contributed by atoms with Crippen LogP contribution < -0.4 is 0 Å². The molecule has 2 rings (SSSR count). The summed E-state index contributed by atoms with van der Waals surface area (Å²) < 4.78 is 5.23. The normalized spacial score (nSPS) is 23.9. The number of rotatable bonds is 4. The van der Waals surface area contributed by atoms with E-state index in [9.17, 15) is 4.79 Å². The fourth-order valence-electron chi connectivity index (χ4n) is 2.55. The Labute approximate surface area is 113 Å². The third-order valence-corrected chi connectivity index (χ3v) is 4.21. The van der Waals surface area contributed by atoms with Gasteiger partial charge in [0.25, 0.3) is 0 Å². The molecule has 1 aliphatic carbocycles. The number of carbonyl (C=O) groups excluding carboxylic acids is 1. The van der Waals surface area contributed by atoms with Gasteiger partial charge in [-0.2, -0.15) is 0 Å².